The summed E-state index contributed by atoms with van der Waals surface area (Å²) in [6, 6.07) is 0. The van der Waals surface area contributed by atoms with Gasteiger partial charge in [-0.25, -0.2) is 9.78 Å². The van der Waals surface area contributed by atoms with Crippen LogP contribution in [0.1, 0.15) is 39.6 Å². The molecule has 0 aliphatic carbocycles. The number of nitrogens with zero attached hydrogens (tertiary/aromatic N) is 2. The van der Waals surface area contributed by atoms with Crippen molar-refractivity contribution in [3.05, 3.63) is 16.1 Å². The van der Waals surface area contributed by atoms with E-state index in [4.69, 9.17) is 10.2 Å². The minimum atomic E-state index is -1.12. The number of aromatic carboxylic acids is 1. The third-order valence-electron chi connectivity index (χ3n) is 3.25. The Morgan fingerprint density at radius 2 is 2.32 bits per heavy atom. The highest BCUT2D eigenvalue weighted by Gasteiger charge is 2.26. The van der Waals surface area contributed by atoms with Crippen molar-refractivity contribution in [2.45, 2.75) is 19.3 Å². The first-order valence-electron chi connectivity index (χ1n) is 6.20. The topological polar surface area (TPSA) is 90.7 Å². The van der Waals surface area contributed by atoms with Crippen molar-refractivity contribution in [3.63, 3.8) is 0 Å². The first-order valence-corrected chi connectivity index (χ1v) is 7.08. The highest BCUT2D eigenvalue weighted by atomic mass is 32.1. The molecule has 0 radical (unpaired) electrons. The maximum atomic E-state index is 12.2. The highest BCUT2D eigenvalue weighted by Crippen LogP contribution is 2.22. The van der Waals surface area contributed by atoms with Crippen molar-refractivity contribution in [1.82, 2.24) is 9.88 Å². The Labute approximate surface area is 114 Å². The Morgan fingerprint density at radius 3 is 2.95 bits per heavy atom. The van der Waals surface area contributed by atoms with Crippen molar-refractivity contribution in [2.75, 3.05) is 19.7 Å². The van der Waals surface area contributed by atoms with E-state index >= 15 is 0 Å². The van der Waals surface area contributed by atoms with Crippen LogP contribution in [0.25, 0.3) is 0 Å². The van der Waals surface area contributed by atoms with E-state index < -0.39 is 5.97 Å². The Bertz CT molecular complexity index is 472. The summed E-state index contributed by atoms with van der Waals surface area (Å²) in [5, 5.41) is 19.3. The van der Waals surface area contributed by atoms with E-state index in [1.165, 1.54) is 5.38 Å². The molecule has 104 valence electrons. The van der Waals surface area contributed by atoms with Gasteiger partial charge in [0.15, 0.2) is 10.7 Å². The van der Waals surface area contributed by atoms with E-state index in [9.17, 15) is 9.59 Å². The van der Waals surface area contributed by atoms with E-state index in [1.54, 1.807) is 4.90 Å². The predicted octanol–water partition coefficient (Wildman–Crippen LogP) is 1.08. The molecule has 1 unspecified atom stereocenters. The highest BCUT2D eigenvalue weighted by molar-refractivity contribution is 7.11. The number of hydrogen-bond acceptors (Lipinski definition) is 5. The molecule has 1 atom stereocenters. The van der Waals surface area contributed by atoms with Crippen LogP contribution in [0.3, 0.4) is 0 Å². The first kappa shape index (κ1) is 14.0. The average molecular weight is 284 g/mol. The fourth-order valence-electron chi connectivity index (χ4n) is 2.27. The molecule has 19 heavy (non-hydrogen) atoms. The molecule has 1 fully saturated rings. The van der Waals surface area contributed by atoms with Crippen LogP contribution < -0.4 is 0 Å². The first-order chi connectivity index (χ1) is 9.11. The number of aromatic nitrogens is 1. The zero-order chi connectivity index (χ0) is 13.8. The molecule has 1 aliphatic rings. The maximum absolute atomic E-state index is 12.2. The molecule has 0 bridgehead atoms. The number of carbonyl (C=O) groups is 2. The minimum absolute atomic E-state index is 0.0859. The van der Waals surface area contributed by atoms with Crippen LogP contribution in [0.15, 0.2) is 5.38 Å². The van der Waals surface area contributed by atoms with Gasteiger partial charge in [-0.05, 0) is 25.2 Å². The fourth-order valence-corrected chi connectivity index (χ4v) is 3.03. The van der Waals surface area contributed by atoms with E-state index in [2.05, 4.69) is 4.98 Å². The molecule has 0 aromatic carbocycles. The van der Waals surface area contributed by atoms with Crippen LogP contribution >= 0.6 is 11.3 Å². The number of thiazole rings is 1. The molecule has 2 N–H and O–H groups in total. The Morgan fingerprint density at radius 1 is 1.53 bits per heavy atom. The van der Waals surface area contributed by atoms with Crippen LogP contribution in [-0.2, 0) is 0 Å². The molecule has 1 saturated heterocycles. The number of carboxylic acid groups (broad SMARTS) is 1. The number of hydrogen-bond donors (Lipinski definition) is 2. The van der Waals surface area contributed by atoms with Crippen LogP contribution in [0.4, 0.5) is 0 Å². The van der Waals surface area contributed by atoms with Crippen LogP contribution in [-0.4, -0.2) is 51.7 Å². The van der Waals surface area contributed by atoms with Crippen LogP contribution in [0, 0.1) is 5.92 Å². The van der Waals surface area contributed by atoms with Crippen molar-refractivity contribution in [3.8, 4) is 0 Å². The molecule has 2 rings (SSSR count). The molecule has 6 nitrogen and oxygen atoms in total. The van der Waals surface area contributed by atoms with Gasteiger partial charge in [0, 0.05) is 25.1 Å². The zero-order valence-electron chi connectivity index (χ0n) is 10.4. The standard InChI is InChI=1S/C12H16N2O4S/c15-5-3-8-2-1-4-14(6-8)11(16)10-13-9(7-19-10)12(17)18/h7-8,15H,1-6H2,(H,17,18). The van der Waals surface area contributed by atoms with Gasteiger partial charge in [-0.2, -0.15) is 0 Å². The Hall–Kier alpha value is -1.47. The summed E-state index contributed by atoms with van der Waals surface area (Å²) < 4.78 is 0. The lowest BCUT2D eigenvalue weighted by Gasteiger charge is -2.31. The quantitative estimate of drug-likeness (QED) is 0.863. The van der Waals surface area contributed by atoms with E-state index in [0.29, 0.717) is 25.4 Å². The second-order valence-electron chi connectivity index (χ2n) is 4.61. The molecule has 1 aliphatic heterocycles. The monoisotopic (exact) mass is 284 g/mol. The minimum Gasteiger partial charge on any atom is -0.476 e. The summed E-state index contributed by atoms with van der Waals surface area (Å²) in [5.74, 6) is -1.01. The Balaban J connectivity index is 2.03. The van der Waals surface area contributed by atoms with Crippen molar-refractivity contribution < 1.29 is 19.8 Å². The molecule has 1 aromatic heterocycles. The normalized spacial score (nSPS) is 19.4. The summed E-state index contributed by atoms with van der Waals surface area (Å²) in [4.78, 5) is 28.5. The van der Waals surface area contributed by atoms with Crippen LogP contribution in [0.5, 0.6) is 0 Å². The third kappa shape index (κ3) is 3.30. The molecule has 0 spiro atoms. The second-order valence-corrected chi connectivity index (χ2v) is 5.47. The SMILES string of the molecule is O=C(O)c1csc(C(=O)N2CCCC(CCO)C2)n1. The summed E-state index contributed by atoms with van der Waals surface area (Å²) >= 11 is 1.06. The number of carboxylic acids is 1. The summed E-state index contributed by atoms with van der Waals surface area (Å²) in [6.07, 6.45) is 2.62. The summed E-state index contributed by atoms with van der Waals surface area (Å²) in [7, 11) is 0. The number of rotatable bonds is 4. The van der Waals surface area contributed by atoms with Gasteiger partial charge in [-0.3, -0.25) is 4.79 Å². The molecular formula is C12H16N2O4S. The summed E-state index contributed by atoms with van der Waals surface area (Å²) in [6.45, 7) is 1.41. The smallest absolute Gasteiger partial charge is 0.355 e. The van der Waals surface area contributed by atoms with Gasteiger partial charge in [0.1, 0.15) is 0 Å². The summed E-state index contributed by atoms with van der Waals surface area (Å²) in [5.41, 5.74) is -0.0859. The van der Waals surface area contributed by atoms with E-state index in [1.807, 2.05) is 0 Å². The zero-order valence-corrected chi connectivity index (χ0v) is 11.2. The lowest BCUT2D eigenvalue weighted by molar-refractivity contribution is 0.0652. The van der Waals surface area contributed by atoms with Gasteiger partial charge >= 0.3 is 5.97 Å². The van der Waals surface area contributed by atoms with Gasteiger partial charge in [0.05, 0.1) is 0 Å². The lowest BCUT2D eigenvalue weighted by atomic mass is 9.95. The second kappa shape index (κ2) is 6.12. The van der Waals surface area contributed by atoms with Gasteiger partial charge in [0.2, 0.25) is 0 Å². The largest absolute Gasteiger partial charge is 0.476 e. The number of aliphatic hydroxyl groups excluding tert-OH is 1. The van der Waals surface area contributed by atoms with Gasteiger partial charge < -0.3 is 15.1 Å². The molecule has 2 heterocycles. The van der Waals surface area contributed by atoms with E-state index in [-0.39, 0.29) is 23.2 Å². The number of carbonyl (C=O) groups excluding carboxylic acids is 1. The molecule has 1 amide bonds. The average Bonchev–Trinajstić information content (AvgIpc) is 2.88. The Kier molecular flexibility index (Phi) is 4.49. The van der Waals surface area contributed by atoms with Crippen molar-refractivity contribution in [1.29, 1.82) is 0 Å². The molecule has 1 aromatic rings. The van der Waals surface area contributed by atoms with Gasteiger partial charge in [0.25, 0.3) is 5.91 Å². The van der Waals surface area contributed by atoms with Gasteiger partial charge in [-0.1, -0.05) is 0 Å². The predicted molar refractivity (Wildman–Crippen MR) is 69.4 cm³/mol. The molecular weight excluding hydrogens is 268 g/mol. The van der Waals surface area contributed by atoms with Gasteiger partial charge in [-0.15, -0.1) is 11.3 Å². The third-order valence-corrected chi connectivity index (χ3v) is 4.08. The van der Waals surface area contributed by atoms with Crippen LogP contribution in [0.2, 0.25) is 0 Å². The maximum Gasteiger partial charge on any atom is 0.355 e. The number of aliphatic hydroxyl groups is 1. The number of likely N-dealkylation sites (tertiary alicyclic amines) is 1. The van der Waals surface area contributed by atoms with E-state index in [0.717, 1.165) is 24.2 Å². The number of amides is 1. The number of piperidine rings is 1. The molecule has 7 heteroatoms. The molecule has 0 saturated carbocycles. The van der Waals surface area contributed by atoms with Crippen molar-refractivity contribution in [2.24, 2.45) is 5.92 Å². The fraction of sp³-hybridized carbons (Fsp3) is 0.583. The lowest BCUT2D eigenvalue weighted by Crippen LogP contribution is -2.40. The van der Waals surface area contributed by atoms with Crippen molar-refractivity contribution >= 4 is 23.2 Å².